The first-order valence-corrected chi connectivity index (χ1v) is 12.2. The second-order valence-electron chi connectivity index (χ2n) is 7.76. The van der Waals surface area contributed by atoms with E-state index < -0.39 is 0 Å². The molecule has 1 amide bonds. The molecule has 0 unspecified atom stereocenters. The van der Waals surface area contributed by atoms with E-state index in [2.05, 4.69) is 22.2 Å². The van der Waals surface area contributed by atoms with Gasteiger partial charge in [0.1, 0.15) is 11.6 Å². The van der Waals surface area contributed by atoms with E-state index in [-0.39, 0.29) is 5.91 Å². The summed E-state index contributed by atoms with van der Waals surface area (Å²) in [5.74, 6) is 2.62. The van der Waals surface area contributed by atoms with Gasteiger partial charge in [0.2, 0.25) is 5.91 Å². The highest BCUT2D eigenvalue weighted by Gasteiger charge is 2.20. The van der Waals surface area contributed by atoms with E-state index in [9.17, 15) is 4.79 Å². The summed E-state index contributed by atoms with van der Waals surface area (Å²) in [4.78, 5) is 24.2. The lowest BCUT2D eigenvalue weighted by Gasteiger charge is -2.28. The Hall–Kier alpha value is -2.85. The lowest BCUT2D eigenvalue weighted by molar-refractivity contribution is -0.120. The molecular weight excluding hydrogens is 440 g/mol. The van der Waals surface area contributed by atoms with E-state index in [1.807, 2.05) is 35.1 Å². The van der Waals surface area contributed by atoms with Gasteiger partial charge in [-0.05, 0) is 24.1 Å². The number of anilines is 1. The molecule has 2 aromatic heterocycles. The Balaban J connectivity index is 1.43. The second-order valence-corrected chi connectivity index (χ2v) is 8.82. The Morgan fingerprint density at radius 3 is 2.73 bits per heavy atom. The van der Waals surface area contributed by atoms with Crippen LogP contribution >= 0.6 is 11.8 Å². The first-order valence-electron chi connectivity index (χ1n) is 11.3. The molecule has 1 saturated heterocycles. The smallest absolute Gasteiger partial charge is 0.224 e. The van der Waals surface area contributed by atoms with Gasteiger partial charge in [-0.25, -0.2) is 14.6 Å². The van der Waals surface area contributed by atoms with Crippen molar-refractivity contribution in [2.75, 3.05) is 50.6 Å². The van der Waals surface area contributed by atoms with Gasteiger partial charge in [0.05, 0.1) is 44.9 Å². The van der Waals surface area contributed by atoms with Crippen molar-refractivity contribution in [2.24, 2.45) is 0 Å². The molecular formula is C23H30N6O3S. The molecule has 176 valence electrons. The Labute approximate surface area is 197 Å². The fraction of sp³-hybridized carbons (Fsp3) is 0.478. The number of amides is 1. The number of fused-ring (bicyclic) bond motifs is 1. The van der Waals surface area contributed by atoms with Crippen LogP contribution < -0.4 is 15.0 Å². The van der Waals surface area contributed by atoms with Crippen LogP contribution in [0.15, 0.2) is 35.6 Å². The number of nitrogens with zero attached hydrogens (tertiary/aromatic N) is 5. The van der Waals surface area contributed by atoms with E-state index in [0.29, 0.717) is 32.7 Å². The predicted molar refractivity (Wildman–Crippen MR) is 129 cm³/mol. The highest BCUT2D eigenvalue weighted by Crippen LogP contribution is 2.28. The number of carbonyl (C=O) groups is 1. The van der Waals surface area contributed by atoms with E-state index in [0.717, 1.165) is 58.6 Å². The molecule has 3 aromatic rings. The van der Waals surface area contributed by atoms with Crippen molar-refractivity contribution in [3.05, 3.63) is 36.0 Å². The third kappa shape index (κ3) is 5.94. The number of nitrogens with one attached hydrogen (secondary N) is 1. The quantitative estimate of drug-likeness (QED) is 0.357. The highest BCUT2D eigenvalue weighted by atomic mass is 32.2. The number of benzene rings is 1. The number of methoxy groups -OCH3 is 1. The zero-order chi connectivity index (χ0) is 23.0. The van der Waals surface area contributed by atoms with Crippen LogP contribution in [0, 0.1) is 0 Å². The van der Waals surface area contributed by atoms with Crippen LogP contribution in [-0.2, 0) is 22.5 Å². The van der Waals surface area contributed by atoms with Crippen LogP contribution in [0.4, 0.5) is 5.82 Å². The van der Waals surface area contributed by atoms with Crippen LogP contribution in [0.3, 0.4) is 0 Å². The van der Waals surface area contributed by atoms with Crippen LogP contribution in [0.1, 0.15) is 18.9 Å². The lowest BCUT2D eigenvalue weighted by atomic mass is 10.1. The maximum Gasteiger partial charge on any atom is 0.224 e. The molecule has 0 bridgehead atoms. The summed E-state index contributed by atoms with van der Waals surface area (Å²) in [5.41, 5.74) is 1.74. The number of rotatable bonds is 10. The molecule has 0 aliphatic carbocycles. The van der Waals surface area contributed by atoms with Crippen molar-refractivity contribution in [1.82, 2.24) is 25.1 Å². The van der Waals surface area contributed by atoms with E-state index in [4.69, 9.17) is 19.4 Å². The molecule has 0 spiro atoms. The summed E-state index contributed by atoms with van der Waals surface area (Å²) in [6, 6.07) is 7.52. The average Bonchev–Trinajstić information content (AvgIpc) is 3.26. The van der Waals surface area contributed by atoms with Gasteiger partial charge in [0.25, 0.3) is 0 Å². The summed E-state index contributed by atoms with van der Waals surface area (Å²) in [6.07, 6.45) is 3.21. The first kappa shape index (κ1) is 23.3. The number of morpholine rings is 1. The molecule has 1 aromatic carbocycles. The molecule has 1 N–H and O–H groups in total. The maximum atomic E-state index is 12.4. The van der Waals surface area contributed by atoms with E-state index in [1.54, 1.807) is 18.9 Å². The van der Waals surface area contributed by atoms with Gasteiger partial charge in [-0.2, -0.15) is 5.10 Å². The summed E-state index contributed by atoms with van der Waals surface area (Å²) in [7, 11) is 1.63. The minimum absolute atomic E-state index is 0.0283. The van der Waals surface area contributed by atoms with Crippen LogP contribution in [0.25, 0.3) is 11.0 Å². The first-order chi connectivity index (χ1) is 16.2. The van der Waals surface area contributed by atoms with Crippen LogP contribution in [-0.4, -0.2) is 71.4 Å². The molecule has 9 nitrogen and oxygen atoms in total. The molecule has 1 fully saturated rings. The molecule has 0 radical (unpaired) electrons. The minimum Gasteiger partial charge on any atom is -0.497 e. The van der Waals surface area contributed by atoms with Gasteiger partial charge in [0, 0.05) is 25.4 Å². The summed E-state index contributed by atoms with van der Waals surface area (Å²) in [5, 5.41) is 9.23. The van der Waals surface area contributed by atoms with Gasteiger partial charge in [-0.3, -0.25) is 4.79 Å². The van der Waals surface area contributed by atoms with Crippen LogP contribution in [0.2, 0.25) is 0 Å². The molecule has 0 saturated carbocycles. The van der Waals surface area contributed by atoms with Gasteiger partial charge in [-0.1, -0.05) is 30.8 Å². The molecule has 4 rings (SSSR count). The van der Waals surface area contributed by atoms with E-state index in [1.165, 1.54) is 0 Å². The van der Waals surface area contributed by atoms with Crippen molar-refractivity contribution in [3.63, 3.8) is 0 Å². The SMILES string of the molecule is CCCSc1nc(N2CCOCC2)c2cnn(CCNC(=O)Cc3ccc(OC)cc3)c2n1. The molecule has 1 aliphatic heterocycles. The number of thioether (sulfide) groups is 1. The normalized spacial score (nSPS) is 13.9. The number of ether oxygens (including phenoxy) is 2. The molecule has 1 aliphatic rings. The number of carbonyl (C=O) groups excluding carboxylic acids is 1. The molecule has 33 heavy (non-hydrogen) atoms. The van der Waals surface area contributed by atoms with Crippen molar-refractivity contribution in [1.29, 1.82) is 0 Å². The largest absolute Gasteiger partial charge is 0.497 e. The standard InChI is InChI=1S/C23H30N6O3S/c1-3-14-33-23-26-21(28-10-12-32-13-11-28)19-16-25-29(22(19)27-23)9-8-24-20(30)15-17-4-6-18(31-2)7-5-17/h4-7,16H,3,8-15H2,1-2H3,(H,24,30). The lowest BCUT2D eigenvalue weighted by Crippen LogP contribution is -2.37. The Morgan fingerprint density at radius 2 is 2.00 bits per heavy atom. The van der Waals surface area contributed by atoms with Crippen molar-refractivity contribution in [2.45, 2.75) is 31.5 Å². The Bertz CT molecular complexity index is 1070. The summed E-state index contributed by atoms with van der Waals surface area (Å²) >= 11 is 1.66. The van der Waals surface area contributed by atoms with Crippen LogP contribution in [0.5, 0.6) is 5.75 Å². The van der Waals surface area contributed by atoms with Gasteiger partial charge >= 0.3 is 0 Å². The monoisotopic (exact) mass is 470 g/mol. The summed E-state index contributed by atoms with van der Waals surface area (Å²) < 4.78 is 12.5. The third-order valence-electron chi connectivity index (χ3n) is 5.37. The third-order valence-corrected chi connectivity index (χ3v) is 6.42. The second kappa shape index (κ2) is 11.3. The molecule has 3 heterocycles. The summed E-state index contributed by atoms with van der Waals surface area (Å²) in [6.45, 7) is 6.14. The number of aromatic nitrogens is 4. The maximum absolute atomic E-state index is 12.4. The van der Waals surface area contributed by atoms with E-state index >= 15 is 0 Å². The molecule has 10 heteroatoms. The number of hydrogen-bond donors (Lipinski definition) is 1. The number of hydrogen-bond acceptors (Lipinski definition) is 8. The fourth-order valence-corrected chi connectivity index (χ4v) is 4.34. The van der Waals surface area contributed by atoms with Gasteiger partial charge in [0.15, 0.2) is 10.8 Å². The van der Waals surface area contributed by atoms with Crippen molar-refractivity contribution < 1.29 is 14.3 Å². The molecule has 0 atom stereocenters. The van der Waals surface area contributed by atoms with Gasteiger partial charge < -0.3 is 19.7 Å². The zero-order valence-electron chi connectivity index (χ0n) is 19.1. The fourth-order valence-electron chi connectivity index (χ4n) is 3.65. The van der Waals surface area contributed by atoms with Crippen molar-refractivity contribution >= 4 is 34.5 Å². The van der Waals surface area contributed by atoms with Gasteiger partial charge in [-0.15, -0.1) is 0 Å². The Kier molecular flexibility index (Phi) is 8.01. The zero-order valence-corrected chi connectivity index (χ0v) is 19.9. The average molecular weight is 471 g/mol. The predicted octanol–water partition coefficient (Wildman–Crippen LogP) is 2.53. The van der Waals surface area contributed by atoms with Crippen molar-refractivity contribution in [3.8, 4) is 5.75 Å². The topological polar surface area (TPSA) is 94.4 Å². The minimum atomic E-state index is -0.0283. The highest BCUT2D eigenvalue weighted by molar-refractivity contribution is 7.99. The Morgan fingerprint density at radius 1 is 1.21 bits per heavy atom.